The van der Waals surface area contributed by atoms with Crippen LogP contribution in [-0.2, 0) is 6.61 Å². The Morgan fingerprint density at radius 2 is 1.81 bits per heavy atom. The summed E-state index contributed by atoms with van der Waals surface area (Å²) in [6.45, 7) is 0.0340. The Morgan fingerprint density at radius 1 is 0.952 bits per heavy atom. The van der Waals surface area contributed by atoms with E-state index in [0.717, 1.165) is 22.6 Å². The van der Waals surface area contributed by atoms with Crippen molar-refractivity contribution in [2.45, 2.75) is 12.6 Å². The van der Waals surface area contributed by atoms with Crippen LogP contribution in [0.3, 0.4) is 0 Å². The maximum absolute atomic E-state index is 9.25. The molecule has 2 aromatic carbocycles. The SMILES string of the molecule is OCc1cccc(NC(c2ccccc2)c2ccco2)c1. The van der Waals surface area contributed by atoms with Gasteiger partial charge in [-0.05, 0) is 35.4 Å². The van der Waals surface area contributed by atoms with Gasteiger partial charge in [-0.3, -0.25) is 0 Å². The average molecular weight is 279 g/mol. The van der Waals surface area contributed by atoms with Crippen molar-refractivity contribution in [3.63, 3.8) is 0 Å². The fourth-order valence-electron chi connectivity index (χ4n) is 2.35. The first-order chi connectivity index (χ1) is 10.4. The zero-order valence-electron chi connectivity index (χ0n) is 11.6. The average Bonchev–Trinajstić information content (AvgIpc) is 3.08. The summed E-state index contributed by atoms with van der Waals surface area (Å²) < 4.78 is 5.57. The molecule has 2 N–H and O–H groups in total. The lowest BCUT2D eigenvalue weighted by Crippen LogP contribution is -2.11. The third-order valence-corrected chi connectivity index (χ3v) is 3.38. The maximum Gasteiger partial charge on any atom is 0.130 e. The Hall–Kier alpha value is -2.52. The van der Waals surface area contributed by atoms with Crippen molar-refractivity contribution in [1.82, 2.24) is 0 Å². The number of hydrogen-bond acceptors (Lipinski definition) is 3. The highest BCUT2D eigenvalue weighted by Crippen LogP contribution is 2.27. The summed E-state index contributed by atoms with van der Waals surface area (Å²) in [5.74, 6) is 0.857. The van der Waals surface area contributed by atoms with Crippen molar-refractivity contribution in [2.75, 3.05) is 5.32 Å². The topological polar surface area (TPSA) is 45.4 Å². The largest absolute Gasteiger partial charge is 0.467 e. The van der Waals surface area contributed by atoms with Gasteiger partial charge < -0.3 is 14.8 Å². The first kappa shape index (κ1) is 13.5. The van der Waals surface area contributed by atoms with Crippen molar-refractivity contribution in [1.29, 1.82) is 0 Å². The molecule has 1 heterocycles. The molecule has 1 atom stereocenters. The highest BCUT2D eigenvalue weighted by atomic mass is 16.3. The minimum Gasteiger partial charge on any atom is -0.467 e. The van der Waals surface area contributed by atoms with Gasteiger partial charge in [0, 0.05) is 5.69 Å². The second-order valence-electron chi connectivity index (χ2n) is 4.86. The number of aliphatic hydroxyl groups excluding tert-OH is 1. The number of benzene rings is 2. The number of rotatable bonds is 5. The lowest BCUT2D eigenvalue weighted by atomic mass is 10.0. The summed E-state index contributed by atoms with van der Waals surface area (Å²) in [7, 11) is 0. The molecule has 0 aliphatic rings. The van der Waals surface area contributed by atoms with Gasteiger partial charge >= 0.3 is 0 Å². The second-order valence-corrected chi connectivity index (χ2v) is 4.86. The first-order valence-corrected chi connectivity index (χ1v) is 6.91. The van der Waals surface area contributed by atoms with Crippen LogP contribution in [-0.4, -0.2) is 5.11 Å². The molecule has 1 unspecified atom stereocenters. The van der Waals surface area contributed by atoms with Gasteiger partial charge in [0.25, 0.3) is 0 Å². The van der Waals surface area contributed by atoms with Crippen LogP contribution in [0.5, 0.6) is 0 Å². The van der Waals surface area contributed by atoms with E-state index in [1.807, 2.05) is 54.6 Å². The van der Waals surface area contributed by atoms with Crippen molar-refractivity contribution < 1.29 is 9.52 Å². The summed E-state index contributed by atoms with van der Waals surface area (Å²) >= 11 is 0. The van der Waals surface area contributed by atoms with Crippen LogP contribution in [0.1, 0.15) is 22.9 Å². The molecule has 3 nitrogen and oxygen atoms in total. The molecule has 1 aromatic heterocycles. The minimum atomic E-state index is -0.0601. The third kappa shape index (κ3) is 3.15. The minimum absolute atomic E-state index is 0.0340. The zero-order valence-corrected chi connectivity index (χ0v) is 11.6. The van der Waals surface area contributed by atoms with Gasteiger partial charge in [0.15, 0.2) is 0 Å². The smallest absolute Gasteiger partial charge is 0.130 e. The number of nitrogens with one attached hydrogen (secondary N) is 1. The maximum atomic E-state index is 9.25. The van der Waals surface area contributed by atoms with Gasteiger partial charge in [-0.1, -0.05) is 42.5 Å². The third-order valence-electron chi connectivity index (χ3n) is 3.38. The molecule has 106 valence electrons. The van der Waals surface area contributed by atoms with Crippen molar-refractivity contribution >= 4 is 5.69 Å². The molecule has 21 heavy (non-hydrogen) atoms. The lowest BCUT2D eigenvalue weighted by molar-refractivity contribution is 0.282. The molecule has 0 fully saturated rings. The Labute approximate surface area is 123 Å². The summed E-state index contributed by atoms with van der Waals surface area (Å²) in [6, 6.07) is 21.7. The van der Waals surface area contributed by atoms with Crippen molar-refractivity contribution in [3.8, 4) is 0 Å². The molecule has 0 radical (unpaired) electrons. The van der Waals surface area contributed by atoms with Gasteiger partial charge in [-0.15, -0.1) is 0 Å². The summed E-state index contributed by atoms with van der Waals surface area (Å²) in [6.07, 6.45) is 1.68. The summed E-state index contributed by atoms with van der Waals surface area (Å²) in [5.41, 5.74) is 2.96. The number of hydrogen-bond donors (Lipinski definition) is 2. The normalized spacial score (nSPS) is 12.0. The first-order valence-electron chi connectivity index (χ1n) is 6.91. The van der Waals surface area contributed by atoms with Gasteiger partial charge in [0.2, 0.25) is 0 Å². The number of furan rings is 1. The molecule has 0 bridgehead atoms. The van der Waals surface area contributed by atoms with Crippen LogP contribution < -0.4 is 5.32 Å². The molecule has 0 saturated carbocycles. The molecule has 0 aliphatic carbocycles. The lowest BCUT2D eigenvalue weighted by Gasteiger charge is -2.19. The molecule has 3 rings (SSSR count). The number of aliphatic hydroxyl groups is 1. The van der Waals surface area contributed by atoms with Crippen LogP contribution >= 0.6 is 0 Å². The standard InChI is InChI=1S/C18H17NO2/c20-13-14-6-4-9-16(12-14)19-18(17-10-5-11-21-17)15-7-2-1-3-8-15/h1-12,18-20H,13H2. The van der Waals surface area contributed by atoms with Crippen molar-refractivity contribution in [2.24, 2.45) is 0 Å². The van der Waals surface area contributed by atoms with Crippen LogP contribution in [0.2, 0.25) is 0 Å². The van der Waals surface area contributed by atoms with E-state index in [2.05, 4.69) is 17.4 Å². The van der Waals surface area contributed by atoms with Crippen LogP contribution in [0.15, 0.2) is 77.4 Å². The molecule has 0 spiro atoms. The van der Waals surface area contributed by atoms with E-state index in [-0.39, 0.29) is 12.6 Å². The monoisotopic (exact) mass is 279 g/mol. The van der Waals surface area contributed by atoms with E-state index in [4.69, 9.17) is 4.42 Å². The van der Waals surface area contributed by atoms with Crippen LogP contribution in [0.25, 0.3) is 0 Å². The zero-order chi connectivity index (χ0) is 14.5. The Bertz CT molecular complexity index is 677. The Morgan fingerprint density at radius 3 is 2.52 bits per heavy atom. The van der Waals surface area contributed by atoms with Gasteiger partial charge in [0.05, 0.1) is 12.9 Å². The Balaban J connectivity index is 1.93. The van der Waals surface area contributed by atoms with Crippen LogP contribution in [0.4, 0.5) is 5.69 Å². The van der Waals surface area contributed by atoms with E-state index in [1.165, 1.54) is 0 Å². The Kier molecular flexibility index (Phi) is 4.03. The second kappa shape index (κ2) is 6.29. The van der Waals surface area contributed by atoms with Gasteiger partial charge in [-0.2, -0.15) is 0 Å². The fourth-order valence-corrected chi connectivity index (χ4v) is 2.35. The molecular formula is C18H17NO2. The van der Waals surface area contributed by atoms with Gasteiger partial charge in [0.1, 0.15) is 11.8 Å². The quantitative estimate of drug-likeness (QED) is 0.742. The molecule has 3 heteroatoms. The van der Waals surface area contributed by atoms with E-state index < -0.39 is 0 Å². The van der Waals surface area contributed by atoms with E-state index >= 15 is 0 Å². The predicted octanol–water partition coefficient (Wildman–Crippen LogP) is 3.97. The molecule has 0 aliphatic heterocycles. The summed E-state index contributed by atoms with van der Waals surface area (Å²) in [4.78, 5) is 0. The molecule has 0 saturated heterocycles. The highest BCUT2D eigenvalue weighted by Gasteiger charge is 2.16. The summed E-state index contributed by atoms with van der Waals surface area (Å²) in [5, 5.41) is 12.7. The molecule has 3 aromatic rings. The molecule has 0 amide bonds. The fraction of sp³-hybridized carbons (Fsp3) is 0.111. The van der Waals surface area contributed by atoms with E-state index in [9.17, 15) is 5.11 Å². The highest BCUT2D eigenvalue weighted by molar-refractivity contribution is 5.49. The molecular weight excluding hydrogens is 262 g/mol. The van der Waals surface area contributed by atoms with Crippen molar-refractivity contribution in [3.05, 3.63) is 89.9 Å². The predicted molar refractivity (Wildman–Crippen MR) is 83.0 cm³/mol. The van der Waals surface area contributed by atoms with Crippen LogP contribution in [0, 0.1) is 0 Å². The van der Waals surface area contributed by atoms with E-state index in [0.29, 0.717) is 0 Å². The van der Waals surface area contributed by atoms with Gasteiger partial charge in [-0.25, -0.2) is 0 Å². The number of anilines is 1. The van der Waals surface area contributed by atoms with E-state index in [1.54, 1.807) is 6.26 Å².